The van der Waals surface area contributed by atoms with Gasteiger partial charge in [-0.05, 0) is 57.1 Å². The van der Waals surface area contributed by atoms with E-state index >= 15 is 0 Å². The summed E-state index contributed by atoms with van der Waals surface area (Å²) in [4.78, 5) is 23.8. The lowest BCUT2D eigenvalue weighted by molar-refractivity contribution is 0.0684. The molecule has 1 aliphatic rings. The average Bonchev–Trinajstić information content (AvgIpc) is 2.68. The molecule has 1 atom stereocenters. The Kier molecular flexibility index (Phi) is 6.43. The lowest BCUT2D eigenvalue weighted by Gasteiger charge is -2.32. The fourth-order valence-electron chi connectivity index (χ4n) is 3.51. The first kappa shape index (κ1) is 19.3. The van der Waals surface area contributed by atoms with Gasteiger partial charge >= 0.3 is 0 Å². The van der Waals surface area contributed by atoms with Crippen molar-refractivity contribution in [3.05, 3.63) is 53.3 Å². The lowest BCUT2D eigenvalue weighted by atomic mass is 9.90. The van der Waals surface area contributed by atoms with E-state index in [9.17, 15) is 4.79 Å². The van der Waals surface area contributed by atoms with E-state index in [4.69, 9.17) is 0 Å². The van der Waals surface area contributed by atoms with Crippen LogP contribution < -0.4 is 5.32 Å². The van der Waals surface area contributed by atoms with Crippen molar-refractivity contribution >= 4 is 11.9 Å². The Balaban J connectivity index is 1.60. The first-order valence-electron chi connectivity index (χ1n) is 10.0. The Morgan fingerprint density at radius 3 is 2.59 bits per heavy atom. The van der Waals surface area contributed by atoms with Crippen molar-refractivity contribution in [1.82, 2.24) is 14.9 Å². The number of benzene rings is 1. The third kappa shape index (κ3) is 5.28. The van der Waals surface area contributed by atoms with Crippen molar-refractivity contribution in [3.63, 3.8) is 0 Å². The number of nitrogens with one attached hydrogen (secondary N) is 1. The van der Waals surface area contributed by atoms with E-state index in [0.29, 0.717) is 17.6 Å². The highest BCUT2D eigenvalue weighted by Crippen LogP contribution is 2.23. The number of amides is 1. The van der Waals surface area contributed by atoms with Crippen LogP contribution in [-0.4, -0.2) is 39.9 Å². The Morgan fingerprint density at radius 2 is 1.93 bits per heavy atom. The number of hydrogen-bond acceptors (Lipinski definition) is 4. The Hall–Kier alpha value is -2.43. The van der Waals surface area contributed by atoms with Gasteiger partial charge in [0.1, 0.15) is 5.69 Å². The molecule has 1 N–H and O–H groups in total. The second-order valence-corrected chi connectivity index (χ2v) is 7.60. The predicted molar refractivity (Wildman–Crippen MR) is 109 cm³/mol. The molecule has 0 saturated carbocycles. The topological polar surface area (TPSA) is 58.1 Å². The van der Waals surface area contributed by atoms with E-state index < -0.39 is 0 Å². The Morgan fingerprint density at radius 1 is 1.22 bits per heavy atom. The summed E-state index contributed by atoms with van der Waals surface area (Å²) < 4.78 is 0. The smallest absolute Gasteiger partial charge is 0.272 e. The number of nitrogens with zero attached hydrogens (tertiary/aromatic N) is 3. The molecule has 0 bridgehead atoms. The fourth-order valence-corrected chi connectivity index (χ4v) is 3.51. The van der Waals surface area contributed by atoms with Crippen molar-refractivity contribution in [2.75, 3.05) is 18.4 Å². The summed E-state index contributed by atoms with van der Waals surface area (Å²) >= 11 is 0. The molecule has 5 heteroatoms. The molecule has 1 fully saturated rings. The van der Waals surface area contributed by atoms with Gasteiger partial charge in [0.25, 0.3) is 5.91 Å². The van der Waals surface area contributed by atoms with Gasteiger partial charge in [-0.3, -0.25) is 4.79 Å². The molecule has 3 rings (SSSR count). The monoisotopic (exact) mass is 366 g/mol. The van der Waals surface area contributed by atoms with Crippen molar-refractivity contribution in [2.24, 2.45) is 5.92 Å². The van der Waals surface area contributed by atoms with Crippen LogP contribution in [0.4, 0.5) is 5.95 Å². The first-order chi connectivity index (χ1) is 13.0. The maximum atomic E-state index is 12.9. The van der Waals surface area contributed by atoms with Gasteiger partial charge in [-0.15, -0.1) is 0 Å². The number of piperidine rings is 1. The zero-order valence-electron chi connectivity index (χ0n) is 16.6. The van der Waals surface area contributed by atoms with Gasteiger partial charge in [0, 0.05) is 24.8 Å². The summed E-state index contributed by atoms with van der Waals surface area (Å²) in [6.07, 6.45) is 4.17. The van der Waals surface area contributed by atoms with Crippen LogP contribution in [0.3, 0.4) is 0 Å². The minimum absolute atomic E-state index is 0.0193. The minimum atomic E-state index is 0.0193. The van der Waals surface area contributed by atoms with Crippen LogP contribution >= 0.6 is 0 Å². The molecule has 2 heterocycles. The summed E-state index contributed by atoms with van der Waals surface area (Å²) in [6.45, 7) is 7.71. The highest BCUT2D eigenvalue weighted by atomic mass is 16.2. The standard InChI is InChI=1S/C22H30N4O/c1-4-16(2)23-22-24-17(3)14-20(25-22)21(27)26-12-10-19(11-13-26)15-18-8-6-5-7-9-18/h5-9,14,16,19H,4,10-13,15H2,1-3H3,(H,23,24,25). The second-order valence-electron chi connectivity index (χ2n) is 7.60. The van der Waals surface area contributed by atoms with Crippen molar-refractivity contribution in [3.8, 4) is 0 Å². The van der Waals surface area contributed by atoms with E-state index in [1.54, 1.807) is 6.07 Å². The van der Waals surface area contributed by atoms with E-state index in [1.165, 1.54) is 5.56 Å². The van der Waals surface area contributed by atoms with E-state index in [-0.39, 0.29) is 11.9 Å². The van der Waals surface area contributed by atoms with Crippen LogP contribution in [0, 0.1) is 12.8 Å². The van der Waals surface area contributed by atoms with Crippen LogP contribution in [0.5, 0.6) is 0 Å². The normalized spacial score (nSPS) is 16.2. The predicted octanol–water partition coefficient (Wildman–Crippen LogP) is 4.09. The molecule has 2 aromatic rings. The van der Waals surface area contributed by atoms with Crippen LogP contribution in [0.25, 0.3) is 0 Å². The summed E-state index contributed by atoms with van der Waals surface area (Å²) in [5.41, 5.74) is 2.70. The number of likely N-dealkylation sites (tertiary alicyclic amines) is 1. The number of aromatic nitrogens is 2. The highest BCUT2D eigenvalue weighted by Gasteiger charge is 2.25. The van der Waals surface area contributed by atoms with E-state index in [2.05, 4.69) is 59.5 Å². The highest BCUT2D eigenvalue weighted by molar-refractivity contribution is 5.92. The maximum Gasteiger partial charge on any atom is 0.272 e. The van der Waals surface area contributed by atoms with Gasteiger partial charge in [-0.2, -0.15) is 0 Å². The van der Waals surface area contributed by atoms with Gasteiger partial charge in [-0.25, -0.2) is 9.97 Å². The van der Waals surface area contributed by atoms with Crippen molar-refractivity contribution in [2.45, 2.75) is 52.5 Å². The van der Waals surface area contributed by atoms with Crippen LogP contribution in [0.1, 0.15) is 54.9 Å². The van der Waals surface area contributed by atoms with Crippen LogP contribution in [-0.2, 0) is 6.42 Å². The summed E-state index contributed by atoms with van der Waals surface area (Å²) in [5, 5.41) is 3.27. The zero-order chi connectivity index (χ0) is 19.2. The quantitative estimate of drug-likeness (QED) is 0.836. The molecular formula is C22H30N4O. The average molecular weight is 367 g/mol. The van der Waals surface area contributed by atoms with Gasteiger partial charge in [0.2, 0.25) is 5.95 Å². The number of rotatable bonds is 6. The molecule has 1 amide bonds. The van der Waals surface area contributed by atoms with Crippen molar-refractivity contribution < 1.29 is 4.79 Å². The van der Waals surface area contributed by atoms with Gasteiger partial charge in [0.05, 0.1) is 0 Å². The van der Waals surface area contributed by atoms with Crippen LogP contribution in [0.15, 0.2) is 36.4 Å². The molecule has 0 aliphatic carbocycles. The maximum absolute atomic E-state index is 12.9. The molecule has 27 heavy (non-hydrogen) atoms. The molecule has 1 aromatic heterocycles. The molecule has 0 spiro atoms. The van der Waals surface area contributed by atoms with E-state index in [1.807, 2.05) is 11.8 Å². The SMILES string of the molecule is CCC(C)Nc1nc(C)cc(C(=O)N2CCC(Cc3ccccc3)CC2)n1. The lowest BCUT2D eigenvalue weighted by Crippen LogP contribution is -2.39. The molecule has 144 valence electrons. The van der Waals surface area contributed by atoms with Crippen molar-refractivity contribution in [1.29, 1.82) is 0 Å². The number of anilines is 1. The van der Waals surface area contributed by atoms with Gasteiger partial charge in [0.15, 0.2) is 0 Å². The fraction of sp³-hybridized carbons (Fsp3) is 0.500. The second kappa shape index (κ2) is 8.98. The zero-order valence-corrected chi connectivity index (χ0v) is 16.6. The molecule has 1 aliphatic heterocycles. The van der Waals surface area contributed by atoms with Crippen LogP contribution in [0.2, 0.25) is 0 Å². The molecule has 1 saturated heterocycles. The third-order valence-corrected chi connectivity index (χ3v) is 5.33. The molecule has 1 aromatic carbocycles. The third-order valence-electron chi connectivity index (χ3n) is 5.33. The Bertz CT molecular complexity index is 754. The van der Waals surface area contributed by atoms with Gasteiger partial charge < -0.3 is 10.2 Å². The first-order valence-corrected chi connectivity index (χ1v) is 10.0. The Labute approximate surface area is 162 Å². The minimum Gasteiger partial charge on any atom is -0.352 e. The summed E-state index contributed by atoms with van der Waals surface area (Å²) in [7, 11) is 0. The van der Waals surface area contributed by atoms with Gasteiger partial charge in [-0.1, -0.05) is 37.3 Å². The number of carbonyl (C=O) groups excluding carboxylic acids is 1. The molecule has 0 radical (unpaired) electrons. The molecule has 1 unspecified atom stereocenters. The summed E-state index contributed by atoms with van der Waals surface area (Å²) in [5.74, 6) is 1.21. The number of carbonyl (C=O) groups is 1. The van der Waals surface area contributed by atoms with E-state index in [0.717, 1.165) is 44.5 Å². The summed E-state index contributed by atoms with van der Waals surface area (Å²) in [6, 6.07) is 12.7. The molecule has 5 nitrogen and oxygen atoms in total. The molecular weight excluding hydrogens is 336 g/mol. The largest absolute Gasteiger partial charge is 0.352 e. The number of hydrogen-bond donors (Lipinski definition) is 1. The number of aryl methyl sites for hydroxylation is 1.